The lowest BCUT2D eigenvalue weighted by Gasteiger charge is -2.08. The molecule has 0 saturated heterocycles. The van der Waals surface area contributed by atoms with Crippen molar-refractivity contribution in [2.75, 3.05) is 0 Å². The van der Waals surface area contributed by atoms with Crippen molar-refractivity contribution >= 4 is 0 Å². The summed E-state index contributed by atoms with van der Waals surface area (Å²) in [5.41, 5.74) is 8.53. The predicted octanol–water partition coefficient (Wildman–Crippen LogP) is 2.55. The van der Waals surface area contributed by atoms with E-state index in [9.17, 15) is 9.59 Å². The summed E-state index contributed by atoms with van der Waals surface area (Å²) in [7, 11) is 0. The highest BCUT2D eigenvalue weighted by Gasteiger charge is 2.20. The van der Waals surface area contributed by atoms with Crippen molar-refractivity contribution in [1.82, 2.24) is 13.9 Å². The second-order valence-corrected chi connectivity index (χ2v) is 6.51. The van der Waals surface area contributed by atoms with Crippen molar-refractivity contribution in [1.29, 1.82) is 0 Å². The monoisotopic (exact) mass is 372 g/mol. The van der Waals surface area contributed by atoms with Crippen molar-refractivity contribution in [3.63, 3.8) is 0 Å². The first-order valence-electron chi connectivity index (χ1n) is 8.99. The molecule has 0 amide bonds. The van der Waals surface area contributed by atoms with Crippen LogP contribution in [0.1, 0.15) is 11.1 Å². The summed E-state index contributed by atoms with van der Waals surface area (Å²) in [5.74, 6) is 0. The minimum absolute atomic E-state index is 0.403. The van der Waals surface area contributed by atoms with Gasteiger partial charge in [0.15, 0.2) is 0 Å². The van der Waals surface area contributed by atoms with Crippen LogP contribution in [-0.2, 0) is 6.54 Å². The minimum atomic E-state index is -0.431. The summed E-state index contributed by atoms with van der Waals surface area (Å²) in [6, 6.07) is 23.7. The molecule has 3 aromatic carbocycles. The normalized spacial score (nSPS) is 10.9. The SMILES string of the molecule is Cc1cc(-n2c(=O)n(-c3ccccc3)n(-c3ccccc3)c2=O)ccc1CN. The van der Waals surface area contributed by atoms with Gasteiger partial charge in [-0.15, -0.1) is 0 Å². The summed E-state index contributed by atoms with van der Waals surface area (Å²) >= 11 is 0. The number of para-hydroxylation sites is 2. The van der Waals surface area contributed by atoms with Crippen molar-refractivity contribution in [3.8, 4) is 17.1 Å². The molecular formula is C22H20N4O2. The zero-order valence-corrected chi connectivity index (χ0v) is 15.4. The molecular weight excluding hydrogens is 352 g/mol. The van der Waals surface area contributed by atoms with E-state index in [1.54, 1.807) is 30.3 Å². The molecule has 2 N–H and O–H groups in total. The lowest BCUT2D eigenvalue weighted by molar-refractivity contribution is 0.706. The van der Waals surface area contributed by atoms with Crippen LogP contribution in [0.5, 0.6) is 0 Å². The van der Waals surface area contributed by atoms with E-state index in [0.717, 1.165) is 11.1 Å². The zero-order chi connectivity index (χ0) is 19.7. The lowest BCUT2D eigenvalue weighted by Crippen LogP contribution is -2.27. The third-order valence-corrected chi connectivity index (χ3v) is 4.75. The van der Waals surface area contributed by atoms with E-state index in [0.29, 0.717) is 23.6 Å². The molecule has 0 atom stereocenters. The van der Waals surface area contributed by atoms with Gasteiger partial charge in [-0.3, -0.25) is 0 Å². The van der Waals surface area contributed by atoms with E-state index < -0.39 is 11.4 Å². The van der Waals surface area contributed by atoms with Gasteiger partial charge >= 0.3 is 11.4 Å². The largest absolute Gasteiger partial charge is 0.356 e. The molecule has 1 aromatic heterocycles. The number of nitrogens with two attached hydrogens (primary N) is 1. The first kappa shape index (κ1) is 17.8. The maximum Gasteiger partial charge on any atom is 0.356 e. The molecule has 0 radical (unpaired) electrons. The molecule has 0 saturated carbocycles. The third-order valence-electron chi connectivity index (χ3n) is 4.75. The Morgan fingerprint density at radius 2 is 1.21 bits per heavy atom. The average Bonchev–Trinajstić information content (AvgIpc) is 2.99. The van der Waals surface area contributed by atoms with Crippen LogP contribution in [0.3, 0.4) is 0 Å². The standard InChI is InChI=1S/C22H20N4O2/c1-16-14-20(13-12-17(16)15-23)24-21(27)25(18-8-4-2-5-9-18)26(22(24)28)19-10-6-3-7-11-19/h2-14H,15,23H2,1H3. The quantitative estimate of drug-likeness (QED) is 0.598. The van der Waals surface area contributed by atoms with Gasteiger partial charge < -0.3 is 5.73 Å². The van der Waals surface area contributed by atoms with E-state index in [2.05, 4.69) is 0 Å². The molecule has 140 valence electrons. The van der Waals surface area contributed by atoms with Crippen molar-refractivity contribution < 1.29 is 0 Å². The predicted molar refractivity (Wildman–Crippen MR) is 110 cm³/mol. The molecule has 4 rings (SSSR count). The number of hydrogen-bond donors (Lipinski definition) is 1. The second kappa shape index (κ2) is 7.17. The topological polar surface area (TPSA) is 75.0 Å². The van der Waals surface area contributed by atoms with Crippen LogP contribution in [0.4, 0.5) is 0 Å². The van der Waals surface area contributed by atoms with Gasteiger partial charge in [-0.1, -0.05) is 42.5 Å². The summed E-state index contributed by atoms with van der Waals surface area (Å²) in [5, 5.41) is 0. The molecule has 0 spiro atoms. The van der Waals surface area contributed by atoms with Crippen LogP contribution in [0.25, 0.3) is 17.1 Å². The Labute approximate surface area is 161 Å². The Morgan fingerprint density at radius 1 is 0.714 bits per heavy atom. The molecule has 0 unspecified atom stereocenters. The second-order valence-electron chi connectivity index (χ2n) is 6.51. The van der Waals surface area contributed by atoms with Gasteiger partial charge in [-0.2, -0.15) is 9.36 Å². The van der Waals surface area contributed by atoms with E-state index >= 15 is 0 Å². The Kier molecular flexibility index (Phi) is 4.55. The number of nitrogens with zero attached hydrogens (tertiary/aromatic N) is 3. The number of benzene rings is 3. The van der Waals surface area contributed by atoms with Gasteiger partial charge in [0.25, 0.3) is 0 Å². The van der Waals surface area contributed by atoms with Crippen LogP contribution in [0.2, 0.25) is 0 Å². The highest BCUT2D eigenvalue weighted by Crippen LogP contribution is 2.14. The Bertz CT molecular complexity index is 1160. The molecule has 6 nitrogen and oxygen atoms in total. The van der Waals surface area contributed by atoms with Gasteiger partial charge in [-0.05, 0) is 54.4 Å². The number of aromatic nitrogens is 3. The van der Waals surface area contributed by atoms with Gasteiger partial charge in [0, 0.05) is 6.54 Å². The Hall–Kier alpha value is -3.64. The van der Waals surface area contributed by atoms with Gasteiger partial charge in [0.2, 0.25) is 0 Å². The number of aryl methyl sites for hydroxylation is 1. The molecule has 28 heavy (non-hydrogen) atoms. The zero-order valence-electron chi connectivity index (χ0n) is 15.4. The van der Waals surface area contributed by atoms with Crippen LogP contribution in [-0.4, -0.2) is 13.9 Å². The van der Waals surface area contributed by atoms with Crippen LogP contribution < -0.4 is 17.1 Å². The van der Waals surface area contributed by atoms with Crippen molar-refractivity contribution in [2.24, 2.45) is 5.73 Å². The third kappa shape index (κ3) is 2.90. The molecule has 6 heteroatoms. The van der Waals surface area contributed by atoms with Gasteiger partial charge in [0.1, 0.15) is 0 Å². The van der Waals surface area contributed by atoms with E-state index in [1.807, 2.05) is 55.5 Å². The molecule has 0 aliphatic carbocycles. The molecule has 0 aliphatic rings. The fraction of sp³-hybridized carbons (Fsp3) is 0.0909. The minimum Gasteiger partial charge on any atom is -0.326 e. The highest BCUT2D eigenvalue weighted by atomic mass is 16.2. The number of rotatable bonds is 4. The van der Waals surface area contributed by atoms with Gasteiger partial charge in [-0.25, -0.2) is 14.2 Å². The molecule has 1 heterocycles. The van der Waals surface area contributed by atoms with Crippen molar-refractivity contribution in [2.45, 2.75) is 13.5 Å². The van der Waals surface area contributed by atoms with E-state index in [-0.39, 0.29) is 0 Å². The molecule has 0 fully saturated rings. The van der Waals surface area contributed by atoms with Crippen molar-refractivity contribution in [3.05, 3.63) is 111 Å². The summed E-state index contributed by atoms with van der Waals surface area (Å²) in [6.45, 7) is 2.32. The van der Waals surface area contributed by atoms with E-state index in [4.69, 9.17) is 5.73 Å². The Balaban J connectivity index is 2.05. The first-order valence-corrected chi connectivity index (χ1v) is 8.99. The van der Waals surface area contributed by atoms with Crippen LogP contribution in [0, 0.1) is 6.92 Å². The fourth-order valence-electron chi connectivity index (χ4n) is 3.30. The molecule has 0 aliphatic heterocycles. The fourth-order valence-corrected chi connectivity index (χ4v) is 3.30. The first-order chi connectivity index (χ1) is 13.6. The summed E-state index contributed by atoms with van der Waals surface area (Å²) in [6.07, 6.45) is 0. The highest BCUT2D eigenvalue weighted by molar-refractivity contribution is 5.42. The molecule has 0 bridgehead atoms. The lowest BCUT2D eigenvalue weighted by atomic mass is 10.1. The molecule has 4 aromatic rings. The van der Waals surface area contributed by atoms with Gasteiger partial charge in [0.05, 0.1) is 17.1 Å². The maximum atomic E-state index is 13.3. The smallest absolute Gasteiger partial charge is 0.326 e. The average molecular weight is 372 g/mol. The Morgan fingerprint density at radius 3 is 1.64 bits per heavy atom. The van der Waals surface area contributed by atoms with Crippen LogP contribution >= 0.6 is 0 Å². The van der Waals surface area contributed by atoms with E-state index in [1.165, 1.54) is 13.9 Å². The summed E-state index contributed by atoms with van der Waals surface area (Å²) < 4.78 is 3.97. The van der Waals surface area contributed by atoms with Crippen LogP contribution in [0.15, 0.2) is 88.5 Å². The summed E-state index contributed by atoms with van der Waals surface area (Å²) in [4.78, 5) is 26.7. The number of hydrogen-bond acceptors (Lipinski definition) is 3. The maximum absolute atomic E-state index is 13.3.